The molecule has 3 aromatic rings. The third kappa shape index (κ3) is 3.66. The predicted octanol–water partition coefficient (Wildman–Crippen LogP) is 3.07. The van der Waals surface area contributed by atoms with Crippen molar-refractivity contribution in [2.45, 2.75) is 13.5 Å². The van der Waals surface area contributed by atoms with E-state index in [0.29, 0.717) is 18.7 Å². The fraction of sp³-hybridized carbons (Fsp3) is 0.333. The second-order valence-corrected chi connectivity index (χ2v) is 6.68. The molecule has 0 unspecified atom stereocenters. The molecular formula is C21H25N3O3. The predicted molar refractivity (Wildman–Crippen MR) is 108 cm³/mol. The SMILES string of the molecule is CCOc1cc(-c2cn(C)c(=O)c3ncccc23)cc(OC)c1CN(C)C. The molecule has 142 valence electrons. The van der Waals surface area contributed by atoms with Gasteiger partial charge in [0.05, 0.1) is 19.3 Å². The molecule has 0 aliphatic heterocycles. The molecule has 0 aliphatic carbocycles. The van der Waals surface area contributed by atoms with Gasteiger partial charge in [-0.05, 0) is 44.8 Å². The lowest BCUT2D eigenvalue weighted by Crippen LogP contribution is -2.17. The molecule has 0 saturated carbocycles. The van der Waals surface area contributed by atoms with Crippen LogP contribution in [-0.4, -0.2) is 42.3 Å². The summed E-state index contributed by atoms with van der Waals surface area (Å²) in [4.78, 5) is 18.8. The third-order valence-corrected chi connectivity index (χ3v) is 4.42. The monoisotopic (exact) mass is 367 g/mol. The maximum absolute atomic E-state index is 12.4. The molecule has 1 aromatic carbocycles. The Hall–Kier alpha value is -2.86. The minimum Gasteiger partial charge on any atom is -0.496 e. The number of methoxy groups -OCH3 is 1. The summed E-state index contributed by atoms with van der Waals surface area (Å²) in [5.74, 6) is 1.54. The average molecular weight is 367 g/mol. The van der Waals surface area contributed by atoms with Gasteiger partial charge in [-0.1, -0.05) is 6.07 Å². The van der Waals surface area contributed by atoms with Crippen molar-refractivity contribution in [1.29, 1.82) is 0 Å². The molecule has 2 heterocycles. The Balaban J connectivity index is 2.29. The lowest BCUT2D eigenvalue weighted by atomic mass is 9.99. The summed E-state index contributed by atoms with van der Waals surface area (Å²) < 4.78 is 13.1. The number of aromatic nitrogens is 2. The van der Waals surface area contributed by atoms with Crippen LogP contribution >= 0.6 is 0 Å². The van der Waals surface area contributed by atoms with E-state index in [4.69, 9.17) is 9.47 Å². The van der Waals surface area contributed by atoms with Gasteiger partial charge in [-0.15, -0.1) is 0 Å². The van der Waals surface area contributed by atoms with Crippen LogP contribution in [0.15, 0.2) is 41.5 Å². The van der Waals surface area contributed by atoms with Gasteiger partial charge in [0.15, 0.2) is 0 Å². The zero-order chi connectivity index (χ0) is 19.6. The van der Waals surface area contributed by atoms with E-state index in [0.717, 1.165) is 33.6 Å². The number of nitrogens with zero attached hydrogens (tertiary/aromatic N) is 3. The number of pyridine rings is 2. The van der Waals surface area contributed by atoms with E-state index in [-0.39, 0.29) is 5.56 Å². The molecule has 0 saturated heterocycles. The molecule has 6 heteroatoms. The third-order valence-electron chi connectivity index (χ3n) is 4.42. The molecule has 2 aromatic heterocycles. The van der Waals surface area contributed by atoms with Crippen LogP contribution in [0.3, 0.4) is 0 Å². The largest absolute Gasteiger partial charge is 0.496 e. The first kappa shape index (κ1) is 18.9. The molecule has 0 bridgehead atoms. The maximum atomic E-state index is 12.4. The number of benzene rings is 1. The molecule has 0 radical (unpaired) electrons. The van der Waals surface area contributed by atoms with Gasteiger partial charge in [-0.3, -0.25) is 9.78 Å². The molecule has 27 heavy (non-hydrogen) atoms. The first-order valence-electron chi connectivity index (χ1n) is 8.89. The van der Waals surface area contributed by atoms with Crippen LogP contribution in [0.2, 0.25) is 0 Å². The minimum absolute atomic E-state index is 0.115. The molecule has 0 aliphatic rings. The lowest BCUT2D eigenvalue weighted by molar-refractivity contribution is 0.316. The second-order valence-electron chi connectivity index (χ2n) is 6.68. The van der Waals surface area contributed by atoms with Gasteiger partial charge in [0.25, 0.3) is 5.56 Å². The van der Waals surface area contributed by atoms with Crippen LogP contribution in [-0.2, 0) is 13.6 Å². The first-order valence-corrected chi connectivity index (χ1v) is 8.89. The number of rotatable bonds is 6. The number of hydrogen-bond acceptors (Lipinski definition) is 5. The normalized spacial score (nSPS) is 11.2. The van der Waals surface area contributed by atoms with Crippen molar-refractivity contribution >= 4 is 10.9 Å². The molecule has 0 atom stereocenters. The van der Waals surface area contributed by atoms with Gasteiger partial charge in [-0.2, -0.15) is 0 Å². The topological polar surface area (TPSA) is 56.6 Å². The van der Waals surface area contributed by atoms with Crippen molar-refractivity contribution in [3.8, 4) is 22.6 Å². The highest BCUT2D eigenvalue weighted by molar-refractivity contribution is 5.94. The minimum atomic E-state index is -0.115. The molecule has 0 amide bonds. The Morgan fingerprint density at radius 1 is 1.22 bits per heavy atom. The zero-order valence-corrected chi connectivity index (χ0v) is 16.4. The van der Waals surface area contributed by atoms with Crippen LogP contribution in [0.25, 0.3) is 22.0 Å². The van der Waals surface area contributed by atoms with E-state index in [1.165, 1.54) is 0 Å². The molecule has 3 rings (SSSR count). The van der Waals surface area contributed by atoms with Gasteiger partial charge < -0.3 is 18.9 Å². The van der Waals surface area contributed by atoms with Crippen LogP contribution in [0.4, 0.5) is 0 Å². The molecular weight excluding hydrogens is 342 g/mol. The van der Waals surface area contributed by atoms with Gasteiger partial charge >= 0.3 is 0 Å². The van der Waals surface area contributed by atoms with E-state index < -0.39 is 0 Å². The fourth-order valence-electron chi connectivity index (χ4n) is 3.23. The van der Waals surface area contributed by atoms with Crippen molar-refractivity contribution < 1.29 is 9.47 Å². The standard InChI is InChI=1S/C21H25N3O3/c1-6-27-19-11-14(10-18(26-5)17(19)12-23(2)3)16-13-24(4)21(25)20-15(16)8-7-9-22-20/h7-11,13H,6,12H2,1-5H3. The van der Waals surface area contributed by atoms with Crippen LogP contribution in [0, 0.1) is 0 Å². The number of aryl methyl sites for hydroxylation is 1. The van der Waals surface area contributed by atoms with E-state index in [9.17, 15) is 4.79 Å². The Morgan fingerprint density at radius 2 is 1.96 bits per heavy atom. The average Bonchev–Trinajstić information content (AvgIpc) is 2.65. The molecule has 6 nitrogen and oxygen atoms in total. The quantitative estimate of drug-likeness (QED) is 0.670. The van der Waals surface area contributed by atoms with E-state index in [1.54, 1.807) is 24.9 Å². The number of ether oxygens (including phenoxy) is 2. The highest BCUT2D eigenvalue weighted by atomic mass is 16.5. The Bertz CT molecular complexity index is 1030. The lowest BCUT2D eigenvalue weighted by Gasteiger charge is -2.20. The summed E-state index contributed by atoms with van der Waals surface area (Å²) in [7, 11) is 7.42. The van der Waals surface area contributed by atoms with Crippen molar-refractivity contribution in [1.82, 2.24) is 14.5 Å². The maximum Gasteiger partial charge on any atom is 0.276 e. The highest BCUT2D eigenvalue weighted by Gasteiger charge is 2.17. The van der Waals surface area contributed by atoms with Crippen LogP contribution in [0.5, 0.6) is 11.5 Å². The van der Waals surface area contributed by atoms with E-state index in [2.05, 4.69) is 9.88 Å². The van der Waals surface area contributed by atoms with Crippen LogP contribution in [0.1, 0.15) is 12.5 Å². The molecule has 0 spiro atoms. The Labute approximate surface area is 159 Å². The van der Waals surface area contributed by atoms with Gasteiger partial charge in [0.2, 0.25) is 0 Å². The molecule has 0 N–H and O–H groups in total. The van der Waals surface area contributed by atoms with Gasteiger partial charge in [0.1, 0.15) is 17.0 Å². The van der Waals surface area contributed by atoms with Crippen LogP contribution < -0.4 is 15.0 Å². The van der Waals surface area contributed by atoms with Gasteiger partial charge in [-0.25, -0.2) is 0 Å². The van der Waals surface area contributed by atoms with Gasteiger partial charge in [0, 0.05) is 36.9 Å². The second kappa shape index (κ2) is 7.80. The summed E-state index contributed by atoms with van der Waals surface area (Å²) in [5.41, 5.74) is 3.17. The Morgan fingerprint density at radius 3 is 2.63 bits per heavy atom. The van der Waals surface area contributed by atoms with E-state index in [1.807, 2.05) is 51.5 Å². The summed E-state index contributed by atoms with van der Waals surface area (Å²) in [6.45, 7) is 3.22. The van der Waals surface area contributed by atoms with Crippen molar-refractivity contribution in [2.75, 3.05) is 27.8 Å². The smallest absolute Gasteiger partial charge is 0.276 e. The Kier molecular flexibility index (Phi) is 5.46. The van der Waals surface area contributed by atoms with Crippen molar-refractivity contribution in [2.24, 2.45) is 7.05 Å². The van der Waals surface area contributed by atoms with Crippen molar-refractivity contribution in [3.05, 3.63) is 52.6 Å². The van der Waals surface area contributed by atoms with Crippen molar-refractivity contribution in [3.63, 3.8) is 0 Å². The summed E-state index contributed by atoms with van der Waals surface area (Å²) in [6.07, 6.45) is 3.47. The number of hydrogen-bond donors (Lipinski definition) is 0. The summed E-state index contributed by atoms with van der Waals surface area (Å²) >= 11 is 0. The number of fused-ring (bicyclic) bond motifs is 1. The summed E-state index contributed by atoms with van der Waals surface area (Å²) in [6, 6.07) is 7.76. The molecule has 0 fully saturated rings. The van der Waals surface area contributed by atoms with E-state index >= 15 is 0 Å². The summed E-state index contributed by atoms with van der Waals surface area (Å²) in [5, 5.41) is 0.811. The zero-order valence-electron chi connectivity index (χ0n) is 16.4. The first-order chi connectivity index (χ1) is 13.0. The highest BCUT2D eigenvalue weighted by Crippen LogP contribution is 2.37. The fourth-order valence-corrected chi connectivity index (χ4v) is 3.23.